The van der Waals surface area contributed by atoms with Crippen LogP contribution in [0.1, 0.15) is 26.2 Å². The lowest BCUT2D eigenvalue weighted by Gasteiger charge is -2.18. The third kappa shape index (κ3) is 3.20. The second-order valence-corrected chi connectivity index (χ2v) is 4.41. The number of benzene rings is 1. The third-order valence-electron chi connectivity index (χ3n) is 2.93. The van der Waals surface area contributed by atoms with E-state index < -0.39 is 0 Å². The number of rotatable bonds is 4. The summed E-state index contributed by atoms with van der Waals surface area (Å²) >= 11 is 0. The van der Waals surface area contributed by atoms with Crippen molar-refractivity contribution in [1.29, 1.82) is 0 Å². The van der Waals surface area contributed by atoms with Crippen molar-refractivity contribution in [3.63, 3.8) is 0 Å². The highest BCUT2D eigenvalue weighted by molar-refractivity contribution is 5.22. The van der Waals surface area contributed by atoms with Gasteiger partial charge in [-0.3, -0.25) is 0 Å². The maximum atomic E-state index is 12.7. The highest BCUT2D eigenvalue weighted by Crippen LogP contribution is 2.17. The molecule has 0 radical (unpaired) electrons. The van der Waals surface area contributed by atoms with Gasteiger partial charge in [-0.05, 0) is 57.0 Å². The van der Waals surface area contributed by atoms with Gasteiger partial charge < -0.3 is 10.1 Å². The maximum absolute atomic E-state index is 12.7. The molecule has 2 atom stereocenters. The van der Waals surface area contributed by atoms with Crippen LogP contribution >= 0.6 is 0 Å². The molecule has 0 aromatic heterocycles. The van der Waals surface area contributed by atoms with E-state index in [1.165, 1.54) is 25.0 Å². The fourth-order valence-corrected chi connectivity index (χ4v) is 2.15. The minimum absolute atomic E-state index is 0.168. The standard InChI is InChI=1S/C13H18FNO/c1-10(9-12-3-2-8-15-12)16-13-6-4-11(14)5-7-13/h4-7,10,12,15H,2-3,8-9H2,1H3. The molecule has 0 bridgehead atoms. The van der Waals surface area contributed by atoms with Gasteiger partial charge in [-0.1, -0.05) is 0 Å². The second kappa shape index (κ2) is 5.30. The summed E-state index contributed by atoms with van der Waals surface area (Å²) in [7, 11) is 0. The number of hydrogen-bond acceptors (Lipinski definition) is 2. The Morgan fingerprint density at radius 1 is 1.44 bits per heavy atom. The van der Waals surface area contributed by atoms with E-state index in [0.717, 1.165) is 18.7 Å². The summed E-state index contributed by atoms with van der Waals surface area (Å²) in [6.07, 6.45) is 3.67. The summed E-state index contributed by atoms with van der Waals surface area (Å²) in [6, 6.07) is 6.78. The maximum Gasteiger partial charge on any atom is 0.123 e. The summed E-state index contributed by atoms with van der Waals surface area (Å²) in [5.74, 6) is 0.518. The van der Waals surface area contributed by atoms with Gasteiger partial charge >= 0.3 is 0 Å². The molecule has 88 valence electrons. The zero-order valence-corrected chi connectivity index (χ0v) is 9.58. The smallest absolute Gasteiger partial charge is 0.123 e. The van der Waals surface area contributed by atoms with Crippen molar-refractivity contribution in [2.75, 3.05) is 6.54 Å². The molecular weight excluding hydrogens is 205 g/mol. The zero-order valence-electron chi connectivity index (χ0n) is 9.58. The first-order chi connectivity index (χ1) is 7.74. The van der Waals surface area contributed by atoms with Crippen molar-refractivity contribution >= 4 is 0 Å². The van der Waals surface area contributed by atoms with Crippen LogP contribution in [-0.4, -0.2) is 18.7 Å². The Balaban J connectivity index is 1.81. The topological polar surface area (TPSA) is 21.3 Å². The Hall–Kier alpha value is -1.09. The summed E-state index contributed by atoms with van der Waals surface area (Å²) in [6.45, 7) is 3.18. The molecule has 1 saturated heterocycles. The Kier molecular flexibility index (Phi) is 3.78. The SMILES string of the molecule is CC(CC1CCCN1)Oc1ccc(F)cc1. The van der Waals surface area contributed by atoms with Crippen LogP contribution in [0.2, 0.25) is 0 Å². The molecule has 0 spiro atoms. The van der Waals surface area contributed by atoms with Gasteiger partial charge in [0.25, 0.3) is 0 Å². The Morgan fingerprint density at radius 3 is 2.81 bits per heavy atom. The Morgan fingerprint density at radius 2 is 2.19 bits per heavy atom. The van der Waals surface area contributed by atoms with E-state index in [2.05, 4.69) is 12.2 Å². The van der Waals surface area contributed by atoms with Crippen LogP contribution in [-0.2, 0) is 0 Å². The van der Waals surface area contributed by atoms with Crippen molar-refractivity contribution in [3.8, 4) is 5.75 Å². The molecule has 0 amide bonds. The van der Waals surface area contributed by atoms with E-state index in [4.69, 9.17) is 4.74 Å². The minimum Gasteiger partial charge on any atom is -0.491 e. The van der Waals surface area contributed by atoms with Crippen molar-refractivity contribution in [2.24, 2.45) is 0 Å². The van der Waals surface area contributed by atoms with Crippen LogP contribution in [0.3, 0.4) is 0 Å². The fraction of sp³-hybridized carbons (Fsp3) is 0.538. The van der Waals surface area contributed by atoms with Crippen LogP contribution < -0.4 is 10.1 Å². The van der Waals surface area contributed by atoms with Crippen LogP contribution in [0.4, 0.5) is 4.39 Å². The van der Waals surface area contributed by atoms with Crippen molar-refractivity contribution in [2.45, 2.75) is 38.3 Å². The molecule has 1 aliphatic heterocycles. The van der Waals surface area contributed by atoms with Gasteiger partial charge in [0.2, 0.25) is 0 Å². The monoisotopic (exact) mass is 223 g/mol. The Bertz CT molecular complexity index is 319. The molecule has 1 aromatic rings. The van der Waals surface area contributed by atoms with Crippen LogP contribution in [0, 0.1) is 5.82 Å². The average Bonchev–Trinajstić information content (AvgIpc) is 2.74. The number of halogens is 1. The van der Waals surface area contributed by atoms with Gasteiger partial charge in [0, 0.05) is 6.04 Å². The van der Waals surface area contributed by atoms with Crippen LogP contribution in [0.5, 0.6) is 5.75 Å². The van der Waals surface area contributed by atoms with Crippen molar-refractivity contribution < 1.29 is 9.13 Å². The van der Waals surface area contributed by atoms with E-state index in [9.17, 15) is 4.39 Å². The molecule has 1 aromatic carbocycles. The van der Waals surface area contributed by atoms with E-state index in [1.807, 2.05) is 0 Å². The normalized spacial score (nSPS) is 22.0. The summed E-state index contributed by atoms with van der Waals surface area (Å²) < 4.78 is 18.4. The molecule has 1 aliphatic rings. The molecular formula is C13H18FNO. The van der Waals surface area contributed by atoms with Gasteiger partial charge in [-0.2, -0.15) is 0 Å². The molecule has 1 N–H and O–H groups in total. The lowest BCUT2D eigenvalue weighted by atomic mass is 10.1. The molecule has 2 rings (SSSR count). The molecule has 3 heteroatoms. The largest absolute Gasteiger partial charge is 0.491 e. The first-order valence-corrected chi connectivity index (χ1v) is 5.89. The average molecular weight is 223 g/mol. The predicted octanol–water partition coefficient (Wildman–Crippen LogP) is 2.74. The van der Waals surface area contributed by atoms with Gasteiger partial charge in [0.05, 0.1) is 6.10 Å². The van der Waals surface area contributed by atoms with E-state index in [-0.39, 0.29) is 11.9 Å². The molecule has 2 nitrogen and oxygen atoms in total. The molecule has 1 heterocycles. The Labute approximate surface area is 95.8 Å². The number of hydrogen-bond donors (Lipinski definition) is 1. The lowest BCUT2D eigenvalue weighted by molar-refractivity contribution is 0.196. The van der Waals surface area contributed by atoms with Gasteiger partial charge in [-0.25, -0.2) is 4.39 Å². The summed E-state index contributed by atoms with van der Waals surface area (Å²) in [5.41, 5.74) is 0. The second-order valence-electron chi connectivity index (χ2n) is 4.41. The fourth-order valence-electron chi connectivity index (χ4n) is 2.15. The first-order valence-electron chi connectivity index (χ1n) is 5.89. The zero-order chi connectivity index (χ0) is 11.4. The highest BCUT2D eigenvalue weighted by atomic mass is 19.1. The van der Waals surface area contributed by atoms with Gasteiger partial charge in [0.15, 0.2) is 0 Å². The number of ether oxygens (including phenoxy) is 1. The van der Waals surface area contributed by atoms with Crippen LogP contribution in [0.15, 0.2) is 24.3 Å². The third-order valence-corrected chi connectivity index (χ3v) is 2.93. The van der Waals surface area contributed by atoms with Gasteiger partial charge in [0.1, 0.15) is 11.6 Å². The molecule has 0 aliphatic carbocycles. The molecule has 2 unspecified atom stereocenters. The highest BCUT2D eigenvalue weighted by Gasteiger charge is 2.17. The summed E-state index contributed by atoms with van der Waals surface area (Å²) in [4.78, 5) is 0. The summed E-state index contributed by atoms with van der Waals surface area (Å²) in [5, 5.41) is 3.44. The quantitative estimate of drug-likeness (QED) is 0.847. The molecule has 0 saturated carbocycles. The molecule has 1 fully saturated rings. The van der Waals surface area contributed by atoms with Crippen molar-refractivity contribution in [3.05, 3.63) is 30.1 Å². The van der Waals surface area contributed by atoms with Crippen molar-refractivity contribution in [1.82, 2.24) is 5.32 Å². The lowest BCUT2D eigenvalue weighted by Crippen LogP contribution is -2.28. The number of nitrogens with one attached hydrogen (secondary N) is 1. The van der Waals surface area contributed by atoms with E-state index in [1.54, 1.807) is 12.1 Å². The van der Waals surface area contributed by atoms with Crippen LogP contribution in [0.25, 0.3) is 0 Å². The van der Waals surface area contributed by atoms with E-state index in [0.29, 0.717) is 6.04 Å². The van der Waals surface area contributed by atoms with E-state index >= 15 is 0 Å². The minimum atomic E-state index is -0.225. The predicted molar refractivity (Wildman–Crippen MR) is 62.1 cm³/mol. The molecule has 16 heavy (non-hydrogen) atoms. The first kappa shape index (κ1) is 11.4. The van der Waals surface area contributed by atoms with Gasteiger partial charge in [-0.15, -0.1) is 0 Å².